The number of rotatable bonds is 7. The fraction of sp³-hybridized carbons (Fsp3) is 0.423. The maximum atomic E-state index is 11.5. The number of nitrogens with zero attached hydrogens (tertiary/aromatic N) is 2. The molecule has 5 rings (SSSR count). The number of aryl methyl sites for hydroxylation is 1. The van der Waals surface area contributed by atoms with Crippen molar-refractivity contribution in [3.63, 3.8) is 0 Å². The van der Waals surface area contributed by atoms with Crippen molar-refractivity contribution in [2.24, 2.45) is 0 Å². The van der Waals surface area contributed by atoms with Crippen LogP contribution < -0.4 is 20.1 Å². The van der Waals surface area contributed by atoms with Crippen molar-refractivity contribution in [3.05, 3.63) is 53.7 Å². The minimum absolute atomic E-state index is 0.0302. The van der Waals surface area contributed by atoms with Crippen molar-refractivity contribution in [1.29, 1.82) is 0 Å². The number of hydrogen-bond donors (Lipinski definition) is 3. The number of benzene rings is 1. The molecule has 0 unspecified atom stereocenters. The van der Waals surface area contributed by atoms with E-state index in [-0.39, 0.29) is 12.5 Å². The zero-order valence-electron chi connectivity index (χ0n) is 19.3. The Kier molecular flexibility index (Phi) is 6.34. The Morgan fingerprint density at radius 2 is 2.03 bits per heavy atom. The summed E-state index contributed by atoms with van der Waals surface area (Å²) in [4.78, 5) is 20.6. The molecule has 1 fully saturated rings. The lowest BCUT2D eigenvalue weighted by molar-refractivity contribution is -0.118. The van der Waals surface area contributed by atoms with Crippen LogP contribution in [0.3, 0.4) is 0 Å². The fourth-order valence-electron chi connectivity index (χ4n) is 4.83. The van der Waals surface area contributed by atoms with Gasteiger partial charge >= 0.3 is 0 Å². The van der Waals surface area contributed by atoms with Crippen LogP contribution in [0.25, 0.3) is 10.9 Å². The summed E-state index contributed by atoms with van der Waals surface area (Å²) >= 11 is 0. The predicted molar refractivity (Wildman–Crippen MR) is 129 cm³/mol. The van der Waals surface area contributed by atoms with Crippen molar-refractivity contribution >= 4 is 22.6 Å². The van der Waals surface area contributed by atoms with Gasteiger partial charge < -0.3 is 25.2 Å². The molecule has 1 aromatic carbocycles. The van der Waals surface area contributed by atoms with Crippen LogP contribution in [0.4, 0.5) is 5.82 Å². The van der Waals surface area contributed by atoms with Crippen LogP contribution >= 0.6 is 0 Å². The maximum absolute atomic E-state index is 11.5. The lowest BCUT2D eigenvalue weighted by Gasteiger charge is -2.36. The third-order valence-electron chi connectivity index (χ3n) is 6.87. The molecule has 2 aliphatic rings. The molecule has 3 heterocycles. The van der Waals surface area contributed by atoms with E-state index in [1.165, 1.54) is 0 Å². The molecule has 3 aromatic rings. The number of pyridine rings is 2. The van der Waals surface area contributed by atoms with Gasteiger partial charge in [0.1, 0.15) is 0 Å². The van der Waals surface area contributed by atoms with Gasteiger partial charge in [-0.15, -0.1) is 0 Å². The van der Waals surface area contributed by atoms with Gasteiger partial charge in [0.05, 0.1) is 23.9 Å². The quantitative estimate of drug-likeness (QED) is 0.494. The fourth-order valence-corrected chi connectivity index (χ4v) is 4.83. The van der Waals surface area contributed by atoms with E-state index in [1.54, 1.807) is 7.11 Å². The van der Waals surface area contributed by atoms with Crippen LogP contribution in [-0.2, 0) is 17.8 Å². The Bertz CT molecular complexity index is 1190. The molecule has 8 heteroatoms. The highest BCUT2D eigenvalue weighted by atomic mass is 16.5. The van der Waals surface area contributed by atoms with Gasteiger partial charge in [0.25, 0.3) is 5.91 Å². The van der Waals surface area contributed by atoms with E-state index in [4.69, 9.17) is 9.47 Å². The number of aromatic nitrogens is 2. The van der Waals surface area contributed by atoms with Gasteiger partial charge in [-0.3, -0.25) is 4.79 Å². The Morgan fingerprint density at radius 1 is 1.18 bits per heavy atom. The minimum atomic E-state index is -0.662. The van der Waals surface area contributed by atoms with Crippen LogP contribution in [0, 0.1) is 0 Å². The van der Waals surface area contributed by atoms with Gasteiger partial charge in [-0.25, -0.2) is 9.97 Å². The molecule has 0 saturated heterocycles. The molecule has 1 aliphatic carbocycles. The SMILES string of the molecule is COc1ccc2cccc(CC[C@]3(O)CC[C@@H](NCc4ccc5c(n4)NC(=O)CO5)CC3)c2n1. The minimum Gasteiger partial charge on any atom is -0.481 e. The summed E-state index contributed by atoms with van der Waals surface area (Å²) in [6, 6.07) is 14.2. The molecular weight excluding hydrogens is 432 g/mol. The van der Waals surface area contributed by atoms with Crippen LogP contribution in [0.2, 0.25) is 0 Å². The van der Waals surface area contributed by atoms with Crippen LogP contribution in [0.1, 0.15) is 43.4 Å². The van der Waals surface area contributed by atoms with Gasteiger partial charge in [-0.2, -0.15) is 0 Å². The standard InChI is InChI=1S/C26H30N4O4/c1-33-23-8-5-17-3-2-4-18(24(17)30-23)9-12-26(32)13-10-19(11-14-26)27-15-20-6-7-21-25(28-20)29-22(31)16-34-21/h2-8,19,27,32H,9-16H2,1H3,(H,28,29,31)/t19-,26+. The summed E-state index contributed by atoms with van der Waals surface area (Å²) in [5, 5.41) is 18.6. The van der Waals surface area contributed by atoms with Crippen molar-refractivity contribution in [2.75, 3.05) is 19.0 Å². The highest BCUT2D eigenvalue weighted by Crippen LogP contribution is 2.33. The van der Waals surface area contributed by atoms with Gasteiger partial charge in [0.2, 0.25) is 5.88 Å². The largest absolute Gasteiger partial charge is 0.481 e. The highest BCUT2D eigenvalue weighted by Gasteiger charge is 2.33. The Balaban J connectivity index is 1.14. The third kappa shape index (κ3) is 4.98. The first-order valence-electron chi connectivity index (χ1n) is 11.8. The van der Waals surface area contributed by atoms with E-state index in [9.17, 15) is 9.90 Å². The van der Waals surface area contributed by atoms with E-state index >= 15 is 0 Å². The molecule has 3 N–H and O–H groups in total. The van der Waals surface area contributed by atoms with Crippen LogP contribution in [-0.4, -0.2) is 46.3 Å². The lowest BCUT2D eigenvalue weighted by Crippen LogP contribution is -2.41. The van der Waals surface area contributed by atoms with E-state index in [0.717, 1.165) is 54.3 Å². The lowest BCUT2D eigenvalue weighted by atomic mass is 9.78. The topological polar surface area (TPSA) is 106 Å². The summed E-state index contributed by atoms with van der Waals surface area (Å²) < 4.78 is 10.7. The smallest absolute Gasteiger partial charge is 0.263 e. The highest BCUT2D eigenvalue weighted by molar-refractivity contribution is 5.94. The van der Waals surface area contributed by atoms with Gasteiger partial charge in [0.15, 0.2) is 18.2 Å². The van der Waals surface area contributed by atoms with Crippen LogP contribution in [0.5, 0.6) is 11.6 Å². The Hall–Kier alpha value is -3.23. The average Bonchev–Trinajstić information content (AvgIpc) is 2.86. The molecule has 0 spiro atoms. The first kappa shape index (κ1) is 22.6. The summed E-state index contributed by atoms with van der Waals surface area (Å²) in [5.74, 6) is 1.50. The molecule has 1 amide bonds. The van der Waals surface area contributed by atoms with E-state index in [2.05, 4.69) is 32.7 Å². The van der Waals surface area contributed by atoms with E-state index in [0.29, 0.717) is 36.5 Å². The van der Waals surface area contributed by atoms with Crippen LogP contribution in [0.15, 0.2) is 42.5 Å². The molecule has 8 nitrogen and oxygen atoms in total. The molecule has 1 aliphatic heterocycles. The number of carbonyl (C=O) groups is 1. The number of anilines is 1. The van der Waals surface area contributed by atoms with Gasteiger partial charge in [-0.1, -0.05) is 18.2 Å². The number of para-hydroxylation sites is 1. The van der Waals surface area contributed by atoms with E-state index in [1.807, 2.05) is 30.3 Å². The number of methoxy groups -OCH3 is 1. The van der Waals surface area contributed by atoms with Gasteiger partial charge in [0, 0.05) is 24.0 Å². The van der Waals surface area contributed by atoms with Crippen molar-refractivity contribution in [3.8, 4) is 11.6 Å². The molecule has 1 saturated carbocycles. The normalized spacial score (nSPS) is 22.1. The molecule has 0 atom stereocenters. The zero-order chi connectivity index (χ0) is 23.5. The predicted octanol–water partition coefficient (Wildman–Crippen LogP) is 3.37. The third-order valence-corrected chi connectivity index (χ3v) is 6.87. The number of aliphatic hydroxyl groups is 1. The van der Waals surface area contributed by atoms with Gasteiger partial charge in [-0.05, 0) is 62.3 Å². The molecule has 0 bridgehead atoms. The van der Waals surface area contributed by atoms with Crippen molar-refractivity contribution in [1.82, 2.24) is 15.3 Å². The second-order valence-electron chi connectivity index (χ2n) is 9.21. The number of ether oxygens (including phenoxy) is 2. The molecule has 178 valence electrons. The summed E-state index contributed by atoms with van der Waals surface area (Å²) in [7, 11) is 1.62. The molecule has 2 aromatic heterocycles. The number of nitrogens with one attached hydrogen (secondary N) is 2. The zero-order valence-corrected chi connectivity index (χ0v) is 19.3. The number of carbonyl (C=O) groups excluding carboxylic acids is 1. The number of fused-ring (bicyclic) bond motifs is 2. The second-order valence-corrected chi connectivity index (χ2v) is 9.21. The number of amides is 1. The first-order valence-corrected chi connectivity index (χ1v) is 11.8. The second kappa shape index (κ2) is 9.56. The Labute approximate surface area is 198 Å². The van der Waals surface area contributed by atoms with Crippen molar-refractivity contribution in [2.45, 2.75) is 56.7 Å². The first-order chi connectivity index (χ1) is 16.5. The molecule has 0 radical (unpaired) electrons. The molecular formula is C26H30N4O4. The average molecular weight is 463 g/mol. The maximum Gasteiger partial charge on any atom is 0.263 e. The van der Waals surface area contributed by atoms with E-state index < -0.39 is 5.60 Å². The Morgan fingerprint density at radius 3 is 2.85 bits per heavy atom. The van der Waals surface area contributed by atoms with Crippen molar-refractivity contribution < 1.29 is 19.4 Å². The monoisotopic (exact) mass is 462 g/mol. The molecule has 34 heavy (non-hydrogen) atoms. The summed E-state index contributed by atoms with van der Waals surface area (Å²) in [6.45, 7) is 0.637. The summed E-state index contributed by atoms with van der Waals surface area (Å²) in [6.07, 6.45) is 4.82. The number of hydrogen-bond acceptors (Lipinski definition) is 7. The summed E-state index contributed by atoms with van der Waals surface area (Å²) in [5.41, 5.74) is 2.27.